The molecule has 0 amide bonds. The van der Waals surface area contributed by atoms with E-state index in [1.165, 1.54) is 6.07 Å². The van der Waals surface area contributed by atoms with Gasteiger partial charge in [0.25, 0.3) is 0 Å². The van der Waals surface area contributed by atoms with Crippen molar-refractivity contribution >= 4 is 50.5 Å². The third-order valence-corrected chi connectivity index (χ3v) is 2.76. The summed E-state index contributed by atoms with van der Waals surface area (Å²) in [5, 5.41) is 24.7. The van der Waals surface area contributed by atoms with Crippen LogP contribution < -0.4 is 0 Å². The molecule has 1 aromatic rings. The summed E-state index contributed by atoms with van der Waals surface area (Å²) in [7, 11) is -6.00. The van der Waals surface area contributed by atoms with Gasteiger partial charge in [0.1, 0.15) is 10.0 Å². The fourth-order valence-electron chi connectivity index (χ4n) is 1.14. The Morgan fingerprint density at radius 2 is 1.68 bits per heavy atom. The monoisotopic (exact) mass is 448 g/mol. The molecule has 0 N–H and O–H groups in total. The van der Waals surface area contributed by atoms with E-state index in [-0.39, 0.29) is 11.4 Å². The van der Waals surface area contributed by atoms with E-state index in [9.17, 15) is 22.5 Å². The fourth-order valence-corrected chi connectivity index (χ4v) is 2.49. The van der Waals surface area contributed by atoms with E-state index in [4.69, 9.17) is 5.39 Å². The average Bonchev–Trinajstić information content (AvgIpc) is 2.22. The molecule has 0 atom stereocenters. The summed E-state index contributed by atoms with van der Waals surface area (Å²) >= 11 is 6.49. The Kier molecular flexibility index (Phi) is 7.44. The van der Waals surface area contributed by atoms with E-state index >= 15 is 0 Å². The molecule has 0 aliphatic heterocycles. The number of azo groups is 1. The quantitative estimate of drug-likeness (QED) is 0.124. The van der Waals surface area contributed by atoms with Gasteiger partial charge in [-0.1, -0.05) is 15.9 Å². The number of hydrogen-bond donors (Lipinski definition) is 0. The van der Waals surface area contributed by atoms with Crippen molar-refractivity contribution in [3.8, 4) is 0 Å². The lowest BCUT2D eigenvalue weighted by molar-refractivity contribution is -0.449. The molecule has 122 valence electrons. The first-order chi connectivity index (χ1) is 9.74. The molecule has 0 aliphatic carbocycles. The van der Waals surface area contributed by atoms with Crippen LogP contribution in [0.4, 0.5) is 28.6 Å². The van der Waals surface area contributed by atoms with Gasteiger partial charge in [0.15, 0.2) is 4.98 Å². The van der Waals surface area contributed by atoms with E-state index in [1.54, 1.807) is 26.8 Å². The second-order valence-corrected chi connectivity index (χ2v) is 6.66. The van der Waals surface area contributed by atoms with Gasteiger partial charge in [-0.3, -0.25) is 0 Å². The number of hydrogen-bond acceptors (Lipinski definition) is 3. The Morgan fingerprint density at radius 3 is 2.05 bits per heavy atom. The van der Waals surface area contributed by atoms with Crippen molar-refractivity contribution in [1.29, 1.82) is 5.39 Å². The Bertz CT molecular complexity index is 605. The number of benzene rings is 1. The minimum atomic E-state index is -6.00. The number of halogens is 6. The van der Waals surface area contributed by atoms with Crippen LogP contribution in [0, 0.1) is 10.6 Å². The second-order valence-electron chi connectivity index (χ2n) is 4.89. The van der Waals surface area contributed by atoms with Gasteiger partial charge in [0, 0.05) is 4.47 Å². The molecule has 0 aliphatic rings. The zero-order valence-electron chi connectivity index (χ0n) is 11.7. The molecular formula is C10H11BBr2F4N4O. The fraction of sp³-hybridized carbons (Fsp3) is 0.400. The molecular weight excluding hydrogens is 439 g/mol. The summed E-state index contributed by atoms with van der Waals surface area (Å²) in [5.41, 5.74) is -0.194. The van der Waals surface area contributed by atoms with Crippen molar-refractivity contribution in [2.75, 3.05) is 0 Å². The highest BCUT2D eigenvalue weighted by Gasteiger charge is 2.29. The third kappa shape index (κ3) is 8.94. The topological polar surface area (TPSA) is 66.6 Å². The van der Waals surface area contributed by atoms with Crippen molar-refractivity contribution in [3.63, 3.8) is 0 Å². The minimum absolute atomic E-state index is 0.147. The van der Waals surface area contributed by atoms with Gasteiger partial charge in [0.2, 0.25) is 5.39 Å². The highest BCUT2D eigenvalue weighted by atomic mass is 79.9. The Labute approximate surface area is 141 Å². The molecule has 0 saturated carbocycles. The summed E-state index contributed by atoms with van der Waals surface area (Å²) in [4.78, 5) is 3.55. The molecule has 22 heavy (non-hydrogen) atoms. The Balaban J connectivity index is 0.000000763. The maximum absolute atomic E-state index is 11.9. The highest BCUT2D eigenvalue weighted by Crippen LogP contribution is 2.38. The first kappa shape index (κ1) is 20.8. The molecule has 0 saturated heterocycles. The molecule has 0 radical (unpaired) electrons. The van der Waals surface area contributed by atoms with Crippen LogP contribution in [0.5, 0.6) is 0 Å². The van der Waals surface area contributed by atoms with Crippen LogP contribution in [0.1, 0.15) is 20.8 Å². The number of rotatable bonds is 1. The van der Waals surface area contributed by atoms with E-state index in [0.717, 1.165) is 0 Å². The average molecular weight is 450 g/mol. The predicted octanol–water partition coefficient (Wildman–Crippen LogP) is 6.39. The van der Waals surface area contributed by atoms with Crippen LogP contribution in [-0.2, 0) is 0 Å². The van der Waals surface area contributed by atoms with Crippen molar-refractivity contribution in [3.05, 3.63) is 31.3 Å². The second kappa shape index (κ2) is 7.87. The first-order valence-corrected chi connectivity index (χ1v) is 7.24. The van der Waals surface area contributed by atoms with E-state index < -0.39 is 12.8 Å². The molecule has 0 fully saturated rings. The van der Waals surface area contributed by atoms with E-state index in [2.05, 4.69) is 42.0 Å². The van der Waals surface area contributed by atoms with Gasteiger partial charge in [-0.15, -0.1) is 0 Å². The van der Waals surface area contributed by atoms with Crippen LogP contribution in [0.2, 0.25) is 0 Å². The molecule has 12 heteroatoms. The first-order valence-electron chi connectivity index (χ1n) is 5.66. The lowest BCUT2D eigenvalue weighted by Crippen LogP contribution is -2.13. The largest absolute Gasteiger partial charge is 0.673 e. The van der Waals surface area contributed by atoms with Crippen molar-refractivity contribution in [2.45, 2.75) is 26.3 Å². The third-order valence-electron chi connectivity index (χ3n) is 1.70. The highest BCUT2D eigenvalue weighted by molar-refractivity contribution is 9.11. The lowest BCUT2D eigenvalue weighted by Gasteiger charge is -2.09. The summed E-state index contributed by atoms with van der Waals surface area (Å²) in [6.07, 6.45) is 0. The smallest absolute Gasteiger partial charge is 0.594 e. The molecule has 0 bridgehead atoms. The summed E-state index contributed by atoms with van der Waals surface area (Å²) in [6, 6.07) is 3.22. The van der Waals surface area contributed by atoms with Gasteiger partial charge in [0.05, 0.1) is 6.07 Å². The molecule has 0 heterocycles. The van der Waals surface area contributed by atoms with Crippen LogP contribution >= 0.6 is 31.9 Å². The van der Waals surface area contributed by atoms with E-state index in [0.29, 0.717) is 13.8 Å². The van der Waals surface area contributed by atoms with Crippen LogP contribution in [0.3, 0.4) is 0 Å². The summed E-state index contributed by atoms with van der Waals surface area (Å²) in [6.45, 7) is 5.42. The van der Waals surface area contributed by atoms with Gasteiger partial charge < -0.3 is 22.5 Å². The van der Waals surface area contributed by atoms with Gasteiger partial charge in [-0.2, -0.15) is 0 Å². The zero-order valence-corrected chi connectivity index (χ0v) is 14.9. The number of diazo groups is 1. The standard InChI is InChI=1S/C10H11Br2N4O.BF4/c1-10(2,3)15-16(17)9-7(12)4-6(11)5-8(9)14-13;2-1(3,4)5/h4-5H,1-3H3;/q+1;-1. The molecule has 5 nitrogen and oxygen atoms in total. The van der Waals surface area contributed by atoms with E-state index in [1.807, 2.05) is 0 Å². The SMILES string of the molecule is CC(C)(C)N=[N+]([O-])c1c(Br)cc(Br)cc1[N+]#N.F[B-](F)(F)F. The maximum atomic E-state index is 11.9. The predicted molar refractivity (Wildman–Crippen MR) is 82.2 cm³/mol. The Hall–Kier alpha value is -1.22. The molecule has 0 spiro atoms. The van der Waals surface area contributed by atoms with Crippen LogP contribution in [-0.4, -0.2) is 17.7 Å². The normalized spacial score (nSPS) is 12.3. The summed E-state index contributed by atoms with van der Waals surface area (Å²) in [5.74, 6) is 0. The Morgan fingerprint density at radius 1 is 1.23 bits per heavy atom. The molecule has 0 unspecified atom stereocenters. The van der Waals surface area contributed by atoms with Gasteiger partial charge in [-0.25, -0.2) is 0 Å². The number of nitrogens with zero attached hydrogens (tertiary/aromatic N) is 4. The van der Waals surface area contributed by atoms with Crippen molar-refractivity contribution in [1.82, 2.24) is 0 Å². The zero-order chi connectivity index (χ0) is 17.7. The lowest BCUT2D eigenvalue weighted by atomic mass is 10.1. The van der Waals surface area contributed by atoms with Crippen molar-refractivity contribution < 1.29 is 22.1 Å². The minimum Gasteiger partial charge on any atom is -0.594 e. The molecule has 1 aromatic carbocycles. The van der Waals surface area contributed by atoms with Crippen molar-refractivity contribution in [2.24, 2.45) is 5.11 Å². The van der Waals surface area contributed by atoms with Crippen LogP contribution in [0.25, 0.3) is 4.98 Å². The maximum Gasteiger partial charge on any atom is 0.673 e. The van der Waals surface area contributed by atoms with Crippen LogP contribution in [0.15, 0.2) is 26.2 Å². The summed E-state index contributed by atoms with van der Waals surface area (Å²) < 4.78 is 40.2. The molecule has 0 aromatic heterocycles. The van der Waals surface area contributed by atoms with Gasteiger partial charge >= 0.3 is 18.6 Å². The molecule has 1 rings (SSSR count). The van der Waals surface area contributed by atoms with Gasteiger partial charge in [-0.05, 0) is 52.7 Å².